The highest BCUT2D eigenvalue weighted by molar-refractivity contribution is 5.96. The molecule has 0 aliphatic carbocycles. The molecule has 3 rings (SSSR count). The number of rotatable bonds is 6. The molecule has 0 fully saturated rings. The first-order chi connectivity index (χ1) is 12.6. The summed E-state index contributed by atoms with van der Waals surface area (Å²) in [5, 5.41) is 9.35. The minimum absolute atomic E-state index is 0.302. The number of fused-ring (bicyclic) bond motifs is 1. The zero-order chi connectivity index (χ0) is 18.5. The molecule has 5 heteroatoms. The highest BCUT2D eigenvalue weighted by Crippen LogP contribution is 2.32. The van der Waals surface area contributed by atoms with Gasteiger partial charge in [0.15, 0.2) is 0 Å². The maximum atomic E-state index is 11.4. The van der Waals surface area contributed by atoms with Crippen LogP contribution in [-0.2, 0) is 9.59 Å². The van der Waals surface area contributed by atoms with E-state index in [1.807, 2.05) is 42.5 Å². The number of amides is 1. The molecule has 5 nitrogen and oxygen atoms in total. The molecule has 0 aromatic heterocycles. The Morgan fingerprint density at radius 3 is 2.58 bits per heavy atom. The molecule has 0 atom stereocenters. The number of benzene rings is 2. The van der Waals surface area contributed by atoms with E-state index in [0.717, 1.165) is 41.0 Å². The number of nitrogens with zero attached hydrogens (tertiary/aromatic N) is 1. The molecule has 0 unspecified atom stereocenters. The molecule has 1 amide bonds. The Hall–Kier alpha value is -3.08. The predicted octanol–water partition coefficient (Wildman–Crippen LogP) is 3.98. The minimum atomic E-state index is -0.952. The Kier molecular flexibility index (Phi) is 5.37. The van der Waals surface area contributed by atoms with Gasteiger partial charge in [0, 0.05) is 12.1 Å². The summed E-state index contributed by atoms with van der Waals surface area (Å²) in [5.41, 5.74) is 3.72. The molecule has 1 heterocycles. The average molecular weight is 351 g/mol. The highest BCUT2D eigenvalue weighted by atomic mass is 16.5. The molecule has 0 spiro atoms. The van der Waals surface area contributed by atoms with Crippen molar-refractivity contribution in [2.75, 3.05) is 18.1 Å². The average Bonchev–Trinajstić information content (AvgIpc) is 2.85. The molecule has 0 radical (unpaired) electrons. The lowest BCUT2D eigenvalue weighted by atomic mass is 10.0. The van der Waals surface area contributed by atoms with Gasteiger partial charge in [0.05, 0.1) is 12.3 Å². The van der Waals surface area contributed by atoms with E-state index in [4.69, 9.17) is 4.74 Å². The van der Waals surface area contributed by atoms with Crippen LogP contribution in [0.15, 0.2) is 48.0 Å². The second-order valence-corrected chi connectivity index (χ2v) is 6.17. The van der Waals surface area contributed by atoms with Crippen LogP contribution in [0.5, 0.6) is 5.75 Å². The van der Waals surface area contributed by atoms with Gasteiger partial charge < -0.3 is 14.7 Å². The Labute approximate surface area is 152 Å². The van der Waals surface area contributed by atoms with E-state index in [1.54, 1.807) is 11.0 Å². The smallest absolute Gasteiger partial charge is 0.331 e. The van der Waals surface area contributed by atoms with Crippen molar-refractivity contribution >= 4 is 24.1 Å². The molecule has 2 aromatic rings. The summed E-state index contributed by atoms with van der Waals surface area (Å²) >= 11 is 0. The van der Waals surface area contributed by atoms with Gasteiger partial charge in [-0.3, -0.25) is 4.79 Å². The second kappa shape index (κ2) is 7.87. The monoisotopic (exact) mass is 351 g/mol. The first-order valence-electron chi connectivity index (χ1n) is 8.65. The highest BCUT2D eigenvalue weighted by Gasteiger charge is 2.19. The van der Waals surface area contributed by atoms with Crippen molar-refractivity contribution in [3.05, 3.63) is 53.6 Å². The van der Waals surface area contributed by atoms with E-state index in [-0.39, 0.29) is 0 Å². The number of hydrogen-bond acceptors (Lipinski definition) is 3. The number of carbonyl (C=O) groups excluding carboxylic acids is 1. The van der Waals surface area contributed by atoms with Crippen LogP contribution in [0.4, 0.5) is 5.69 Å². The van der Waals surface area contributed by atoms with Gasteiger partial charge in [0.25, 0.3) is 0 Å². The SMILES string of the molecule is CCCOc1ccc(-c2ccc3c(c2)C=C(C(=O)O)CCN3C=O)cc1. The lowest BCUT2D eigenvalue weighted by molar-refractivity contribution is -0.132. The van der Waals surface area contributed by atoms with Gasteiger partial charge in [-0.15, -0.1) is 0 Å². The van der Waals surface area contributed by atoms with Crippen LogP contribution < -0.4 is 9.64 Å². The van der Waals surface area contributed by atoms with Crippen molar-refractivity contribution in [2.45, 2.75) is 19.8 Å². The van der Waals surface area contributed by atoms with E-state index >= 15 is 0 Å². The second-order valence-electron chi connectivity index (χ2n) is 6.17. The van der Waals surface area contributed by atoms with Gasteiger partial charge >= 0.3 is 5.97 Å². The number of anilines is 1. The van der Waals surface area contributed by atoms with Gasteiger partial charge in [-0.2, -0.15) is 0 Å². The summed E-state index contributed by atoms with van der Waals surface area (Å²) in [7, 11) is 0. The molecular weight excluding hydrogens is 330 g/mol. The number of carboxylic acid groups (broad SMARTS) is 1. The summed E-state index contributed by atoms with van der Waals surface area (Å²) in [6.45, 7) is 3.10. The summed E-state index contributed by atoms with van der Waals surface area (Å²) in [4.78, 5) is 24.3. The van der Waals surface area contributed by atoms with E-state index < -0.39 is 5.97 Å². The van der Waals surface area contributed by atoms with Gasteiger partial charge in [0.1, 0.15) is 5.75 Å². The number of carbonyl (C=O) groups is 2. The summed E-state index contributed by atoms with van der Waals surface area (Å²) in [6, 6.07) is 13.5. The van der Waals surface area contributed by atoms with Gasteiger partial charge in [0.2, 0.25) is 6.41 Å². The van der Waals surface area contributed by atoms with Crippen molar-refractivity contribution < 1.29 is 19.4 Å². The van der Waals surface area contributed by atoms with Gasteiger partial charge in [-0.25, -0.2) is 4.79 Å². The Morgan fingerprint density at radius 1 is 1.19 bits per heavy atom. The van der Waals surface area contributed by atoms with E-state index in [2.05, 4.69) is 6.92 Å². The summed E-state index contributed by atoms with van der Waals surface area (Å²) in [6.07, 6.45) is 3.68. The lowest BCUT2D eigenvalue weighted by Crippen LogP contribution is -2.22. The minimum Gasteiger partial charge on any atom is -0.494 e. The summed E-state index contributed by atoms with van der Waals surface area (Å²) < 4.78 is 5.60. The number of carboxylic acids is 1. The lowest BCUT2D eigenvalue weighted by Gasteiger charge is -2.18. The first kappa shape index (κ1) is 17.7. The number of ether oxygens (including phenoxy) is 1. The van der Waals surface area contributed by atoms with E-state index in [0.29, 0.717) is 25.1 Å². The van der Waals surface area contributed by atoms with Gasteiger partial charge in [-0.05, 0) is 59.9 Å². The van der Waals surface area contributed by atoms with Crippen LogP contribution >= 0.6 is 0 Å². The van der Waals surface area contributed by atoms with Crippen molar-refractivity contribution in [3.8, 4) is 16.9 Å². The maximum absolute atomic E-state index is 11.4. The molecule has 2 aromatic carbocycles. The quantitative estimate of drug-likeness (QED) is 0.800. The van der Waals surface area contributed by atoms with Crippen LogP contribution in [0, 0.1) is 0 Å². The zero-order valence-electron chi connectivity index (χ0n) is 14.6. The Bertz CT molecular complexity index is 840. The van der Waals surface area contributed by atoms with Crippen LogP contribution in [0.25, 0.3) is 17.2 Å². The van der Waals surface area contributed by atoms with Crippen molar-refractivity contribution in [2.24, 2.45) is 0 Å². The van der Waals surface area contributed by atoms with E-state index in [9.17, 15) is 14.7 Å². The fourth-order valence-electron chi connectivity index (χ4n) is 2.97. The molecule has 134 valence electrons. The molecule has 1 N–H and O–H groups in total. The van der Waals surface area contributed by atoms with Crippen LogP contribution in [-0.4, -0.2) is 30.6 Å². The zero-order valence-corrected chi connectivity index (χ0v) is 14.6. The molecule has 1 aliphatic rings. The number of aliphatic carboxylic acids is 1. The van der Waals surface area contributed by atoms with Crippen LogP contribution in [0.3, 0.4) is 0 Å². The molecule has 26 heavy (non-hydrogen) atoms. The fraction of sp³-hybridized carbons (Fsp3) is 0.238. The third-order valence-electron chi connectivity index (χ3n) is 4.35. The van der Waals surface area contributed by atoms with Crippen molar-refractivity contribution in [3.63, 3.8) is 0 Å². The molecule has 0 saturated carbocycles. The largest absolute Gasteiger partial charge is 0.494 e. The predicted molar refractivity (Wildman–Crippen MR) is 101 cm³/mol. The topological polar surface area (TPSA) is 66.8 Å². The normalized spacial score (nSPS) is 13.4. The fourth-order valence-corrected chi connectivity index (χ4v) is 2.97. The first-order valence-corrected chi connectivity index (χ1v) is 8.65. The van der Waals surface area contributed by atoms with Crippen molar-refractivity contribution in [1.82, 2.24) is 0 Å². The number of hydrogen-bond donors (Lipinski definition) is 1. The molecule has 0 saturated heterocycles. The summed E-state index contributed by atoms with van der Waals surface area (Å²) in [5.74, 6) is -0.128. The third-order valence-corrected chi connectivity index (χ3v) is 4.35. The third kappa shape index (κ3) is 3.77. The Balaban J connectivity index is 1.97. The molecule has 0 bridgehead atoms. The standard InChI is InChI=1S/C21H21NO4/c1-2-11-26-19-6-3-15(4-7-19)16-5-8-20-18(12-16)13-17(21(24)25)9-10-22(20)14-23/h3-8,12-14H,2,9-11H2,1H3,(H,24,25). The Morgan fingerprint density at radius 2 is 1.92 bits per heavy atom. The van der Waals surface area contributed by atoms with Crippen LogP contribution in [0.2, 0.25) is 0 Å². The molecule has 1 aliphatic heterocycles. The van der Waals surface area contributed by atoms with Gasteiger partial charge in [-0.1, -0.05) is 25.1 Å². The van der Waals surface area contributed by atoms with Crippen molar-refractivity contribution in [1.29, 1.82) is 0 Å². The molecular formula is C21H21NO4. The van der Waals surface area contributed by atoms with Crippen LogP contribution in [0.1, 0.15) is 25.3 Å². The van der Waals surface area contributed by atoms with E-state index in [1.165, 1.54) is 0 Å². The maximum Gasteiger partial charge on any atom is 0.331 e.